The van der Waals surface area contributed by atoms with Crippen LogP contribution in [-0.4, -0.2) is 35.2 Å². The van der Waals surface area contributed by atoms with Gasteiger partial charge in [0, 0.05) is 0 Å². The Hall–Kier alpha value is -1.41. The number of para-hydroxylation sites is 1. The van der Waals surface area contributed by atoms with Crippen LogP contribution in [-0.2, 0) is 14.3 Å². The number of halogens is 2. The van der Waals surface area contributed by atoms with Crippen LogP contribution >= 0.6 is 31.9 Å². The average molecular weight is 424 g/mol. The molecule has 0 aliphatic rings. The molecule has 0 saturated carbocycles. The lowest BCUT2D eigenvalue weighted by Gasteiger charge is -2.13. The molecule has 114 valence electrons. The minimum atomic E-state index is -0.674. The summed E-state index contributed by atoms with van der Waals surface area (Å²) < 4.78 is 15.0. The Morgan fingerprint density at radius 1 is 1.05 bits per heavy atom. The lowest BCUT2D eigenvalue weighted by molar-refractivity contribution is -0.134. The van der Waals surface area contributed by atoms with Gasteiger partial charge in [-0.3, -0.25) is 9.59 Å². The number of hydrogen-bond acceptors (Lipinski definition) is 6. The molecule has 0 radical (unpaired) electrons. The maximum Gasteiger partial charge on any atom is 0.342 e. The van der Waals surface area contributed by atoms with Gasteiger partial charge < -0.3 is 14.2 Å². The third-order valence-corrected chi connectivity index (χ3v) is 3.05. The van der Waals surface area contributed by atoms with Crippen LogP contribution < -0.4 is 9.47 Å². The van der Waals surface area contributed by atoms with Crippen molar-refractivity contribution in [3.05, 3.63) is 23.8 Å². The molecular weight excluding hydrogens is 412 g/mol. The van der Waals surface area contributed by atoms with Gasteiger partial charge in [-0.2, -0.15) is 0 Å². The highest BCUT2D eigenvalue weighted by molar-refractivity contribution is 9.09. The van der Waals surface area contributed by atoms with E-state index in [1.54, 1.807) is 6.92 Å². The first kappa shape index (κ1) is 17.6. The second kappa shape index (κ2) is 8.78. The first-order valence-corrected chi connectivity index (χ1v) is 8.11. The van der Waals surface area contributed by atoms with Crippen molar-refractivity contribution in [2.45, 2.75) is 6.92 Å². The van der Waals surface area contributed by atoms with Gasteiger partial charge in [0.1, 0.15) is 16.2 Å². The summed E-state index contributed by atoms with van der Waals surface area (Å²) >= 11 is 5.90. The lowest BCUT2D eigenvalue weighted by atomic mass is 10.2. The molecule has 0 heterocycles. The van der Waals surface area contributed by atoms with Crippen molar-refractivity contribution < 1.29 is 28.6 Å². The first-order valence-electron chi connectivity index (χ1n) is 5.86. The molecule has 21 heavy (non-hydrogen) atoms. The predicted octanol–water partition coefficient (Wildman–Crippen LogP) is 2.46. The van der Waals surface area contributed by atoms with Crippen LogP contribution in [0.3, 0.4) is 0 Å². The predicted molar refractivity (Wildman–Crippen MR) is 81.3 cm³/mol. The third-order valence-electron chi connectivity index (χ3n) is 2.13. The van der Waals surface area contributed by atoms with Gasteiger partial charge in [0.05, 0.1) is 6.61 Å². The van der Waals surface area contributed by atoms with Gasteiger partial charge in [0.15, 0.2) is 11.5 Å². The van der Waals surface area contributed by atoms with E-state index in [-0.39, 0.29) is 34.3 Å². The Balaban J connectivity index is 3.22. The Labute approximate surface area is 138 Å². The SMILES string of the molecule is CCOC(=O)c1cccc(OC(=O)CBr)c1OC(=O)CBr. The number of carbonyl (C=O) groups is 3. The zero-order valence-electron chi connectivity index (χ0n) is 11.1. The van der Waals surface area contributed by atoms with E-state index >= 15 is 0 Å². The van der Waals surface area contributed by atoms with E-state index in [9.17, 15) is 14.4 Å². The molecule has 6 nitrogen and oxygen atoms in total. The van der Waals surface area contributed by atoms with Crippen molar-refractivity contribution in [2.75, 3.05) is 17.3 Å². The molecule has 0 aliphatic carbocycles. The van der Waals surface area contributed by atoms with E-state index in [1.807, 2.05) is 0 Å². The van der Waals surface area contributed by atoms with Gasteiger partial charge in [-0.25, -0.2) is 4.79 Å². The molecule has 0 fully saturated rings. The molecule has 0 saturated heterocycles. The molecule has 8 heteroatoms. The number of ether oxygens (including phenoxy) is 3. The maximum atomic E-state index is 11.9. The average Bonchev–Trinajstić information content (AvgIpc) is 2.48. The quantitative estimate of drug-likeness (QED) is 0.397. The first-order chi connectivity index (χ1) is 10.0. The number of rotatable bonds is 6. The van der Waals surface area contributed by atoms with Gasteiger partial charge in [0.2, 0.25) is 0 Å². The summed E-state index contributed by atoms with van der Waals surface area (Å²) in [6, 6.07) is 4.33. The van der Waals surface area contributed by atoms with Crippen molar-refractivity contribution in [3.8, 4) is 11.5 Å². The minimum absolute atomic E-state index is 0.00558. The fourth-order valence-electron chi connectivity index (χ4n) is 1.36. The number of hydrogen-bond donors (Lipinski definition) is 0. The van der Waals surface area contributed by atoms with E-state index < -0.39 is 17.9 Å². The molecular formula is C13H12Br2O6. The molecule has 0 spiro atoms. The van der Waals surface area contributed by atoms with Gasteiger partial charge in [-0.1, -0.05) is 37.9 Å². The summed E-state index contributed by atoms with van der Waals surface area (Å²) in [6.45, 7) is 1.81. The number of esters is 3. The molecule has 0 N–H and O–H groups in total. The lowest BCUT2D eigenvalue weighted by Crippen LogP contribution is -2.16. The molecule has 0 bridgehead atoms. The van der Waals surface area contributed by atoms with Crippen molar-refractivity contribution in [1.82, 2.24) is 0 Å². The summed E-state index contributed by atoms with van der Waals surface area (Å²) in [6.07, 6.45) is 0. The van der Waals surface area contributed by atoms with Crippen molar-refractivity contribution >= 4 is 49.8 Å². The summed E-state index contributed by atoms with van der Waals surface area (Å²) in [7, 11) is 0. The van der Waals surface area contributed by atoms with Crippen LogP contribution in [0.1, 0.15) is 17.3 Å². The molecule has 0 aromatic heterocycles. The van der Waals surface area contributed by atoms with Crippen LogP contribution in [0, 0.1) is 0 Å². The fourth-order valence-corrected chi connectivity index (χ4v) is 1.59. The van der Waals surface area contributed by atoms with E-state index in [1.165, 1.54) is 18.2 Å². The van der Waals surface area contributed by atoms with Gasteiger partial charge in [-0.15, -0.1) is 0 Å². The number of benzene rings is 1. The molecule has 0 atom stereocenters. The second-order valence-corrected chi connectivity index (χ2v) is 4.69. The standard InChI is InChI=1S/C13H12Br2O6/c1-2-19-13(18)8-4-3-5-9(20-10(16)6-14)12(8)21-11(17)7-15/h3-5H,2,6-7H2,1H3. The molecule has 1 aromatic carbocycles. The summed E-state index contributed by atoms with van der Waals surface area (Å²) in [4.78, 5) is 34.7. The molecule has 0 amide bonds. The van der Waals surface area contributed by atoms with Crippen molar-refractivity contribution in [3.63, 3.8) is 0 Å². The third kappa shape index (κ3) is 5.13. The monoisotopic (exact) mass is 422 g/mol. The van der Waals surface area contributed by atoms with E-state index in [0.717, 1.165) is 0 Å². The Kier molecular flexibility index (Phi) is 7.38. The largest absolute Gasteiger partial charge is 0.462 e. The highest BCUT2D eigenvalue weighted by Gasteiger charge is 2.22. The Bertz CT molecular complexity index is 543. The smallest absolute Gasteiger partial charge is 0.342 e. The van der Waals surface area contributed by atoms with Gasteiger partial charge in [-0.05, 0) is 19.1 Å². The maximum absolute atomic E-state index is 11.9. The topological polar surface area (TPSA) is 78.9 Å². The van der Waals surface area contributed by atoms with Crippen molar-refractivity contribution in [1.29, 1.82) is 0 Å². The summed E-state index contributed by atoms with van der Waals surface area (Å²) in [5.41, 5.74) is 0.00558. The van der Waals surface area contributed by atoms with E-state index in [2.05, 4.69) is 31.9 Å². The number of carbonyl (C=O) groups excluding carboxylic acids is 3. The number of alkyl halides is 2. The van der Waals surface area contributed by atoms with Crippen LogP contribution in [0.2, 0.25) is 0 Å². The Morgan fingerprint density at radius 2 is 1.67 bits per heavy atom. The fraction of sp³-hybridized carbons (Fsp3) is 0.308. The van der Waals surface area contributed by atoms with Crippen LogP contribution in [0.4, 0.5) is 0 Å². The molecule has 1 aromatic rings. The van der Waals surface area contributed by atoms with E-state index in [0.29, 0.717) is 0 Å². The van der Waals surface area contributed by atoms with Crippen LogP contribution in [0.15, 0.2) is 18.2 Å². The van der Waals surface area contributed by atoms with Crippen LogP contribution in [0.25, 0.3) is 0 Å². The van der Waals surface area contributed by atoms with Crippen molar-refractivity contribution in [2.24, 2.45) is 0 Å². The Morgan fingerprint density at radius 3 is 2.24 bits per heavy atom. The summed E-state index contributed by atoms with van der Waals surface area (Å²) in [5, 5.41) is -0.113. The molecule has 0 aliphatic heterocycles. The van der Waals surface area contributed by atoms with Crippen LogP contribution in [0.5, 0.6) is 11.5 Å². The van der Waals surface area contributed by atoms with E-state index in [4.69, 9.17) is 14.2 Å². The molecule has 1 rings (SSSR count). The highest BCUT2D eigenvalue weighted by Crippen LogP contribution is 2.32. The van der Waals surface area contributed by atoms with Gasteiger partial charge >= 0.3 is 17.9 Å². The highest BCUT2D eigenvalue weighted by atomic mass is 79.9. The zero-order chi connectivity index (χ0) is 15.8. The zero-order valence-corrected chi connectivity index (χ0v) is 14.2. The minimum Gasteiger partial charge on any atom is -0.462 e. The summed E-state index contributed by atoms with van der Waals surface area (Å²) in [5.74, 6) is -2.07. The normalized spacial score (nSPS) is 9.86. The van der Waals surface area contributed by atoms with Gasteiger partial charge in [0.25, 0.3) is 0 Å². The second-order valence-electron chi connectivity index (χ2n) is 3.57. The molecule has 0 unspecified atom stereocenters.